The maximum atomic E-state index is 13.5. The van der Waals surface area contributed by atoms with Gasteiger partial charge in [0, 0.05) is 5.69 Å². The SMILES string of the molecule is CCOc1cc(/C=C(\C#N)C(=O)Nc2ccc(C)cc2C)cc(I)c1OCc1cccc(F)c1. The van der Waals surface area contributed by atoms with Crippen molar-refractivity contribution >= 4 is 40.3 Å². The van der Waals surface area contributed by atoms with E-state index in [4.69, 9.17) is 9.47 Å². The summed E-state index contributed by atoms with van der Waals surface area (Å²) in [5, 5.41) is 12.4. The molecule has 34 heavy (non-hydrogen) atoms. The van der Waals surface area contributed by atoms with Crippen LogP contribution in [-0.2, 0) is 11.4 Å². The lowest BCUT2D eigenvalue weighted by Gasteiger charge is -2.15. The topological polar surface area (TPSA) is 71.3 Å². The summed E-state index contributed by atoms with van der Waals surface area (Å²) >= 11 is 2.11. The first-order chi connectivity index (χ1) is 16.3. The smallest absolute Gasteiger partial charge is 0.266 e. The molecule has 0 spiro atoms. The van der Waals surface area contributed by atoms with Crippen molar-refractivity contribution in [3.8, 4) is 17.6 Å². The molecule has 3 aromatic rings. The molecule has 0 aliphatic heterocycles. The van der Waals surface area contributed by atoms with Crippen LogP contribution in [0, 0.1) is 34.6 Å². The zero-order chi connectivity index (χ0) is 24.7. The van der Waals surface area contributed by atoms with Gasteiger partial charge in [0.25, 0.3) is 5.91 Å². The van der Waals surface area contributed by atoms with Crippen molar-refractivity contribution in [2.75, 3.05) is 11.9 Å². The molecule has 0 atom stereocenters. The molecule has 0 saturated heterocycles. The third-order valence-electron chi connectivity index (χ3n) is 4.91. The largest absolute Gasteiger partial charge is 0.490 e. The van der Waals surface area contributed by atoms with Crippen LogP contribution in [-0.4, -0.2) is 12.5 Å². The third kappa shape index (κ3) is 6.58. The number of anilines is 1. The second kappa shape index (κ2) is 11.7. The molecule has 5 nitrogen and oxygen atoms in total. The van der Waals surface area contributed by atoms with Crippen molar-refractivity contribution in [2.24, 2.45) is 0 Å². The van der Waals surface area contributed by atoms with E-state index in [-0.39, 0.29) is 18.0 Å². The summed E-state index contributed by atoms with van der Waals surface area (Å²) in [6.07, 6.45) is 1.51. The molecule has 0 fully saturated rings. The minimum atomic E-state index is -0.492. The van der Waals surface area contributed by atoms with E-state index in [0.29, 0.717) is 34.9 Å². The number of benzene rings is 3. The Balaban J connectivity index is 1.86. The molecule has 0 aliphatic rings. The summed E-state index contributed by atoms with van der Waals surface area (Å²) in [4.78, 5) is 12.7. The number of nitrogens with zero attached hydrogens (tertiary/aromatic N) is 1. The first-order valence-electron chi connectivity index (χ1n) is 10.6. The molecule has 3 rings (SSSR count). The van der Waals surface area contributed by atoms with Gasteiger partial charge in [-0.25, -0.2) is 4.39 Å². The molecule has 0 aromatic heterocycles. The highest BCUT2D eigenvalue weighted by atomic mass is 127. The first-order valence-corrected chi connectivity index (χ1v) is 11.7. The van der Waals surface area contributed by atoms with Crippen LogP contribution < -0.4 is 14.8 Å². The Morgan fingerprint density at radius 1 is 1.15 bits per heavy atom. The minimum absolute atomic E-state index is 0.0355. The van der Waals surface area contributed by atoms with Crippen molar-refractivity contribution in [3.63, 3.8) is 0 Å². The van der Waals surface area contributed by atoms with Gasteiger partial charge in [0.15, 0.2) is 11.5 Å². The standard InChI is InChI=1S/C27H24FIN2O3/c1-4-33-25-14-20(13-23(29)26(25)34-16-19-6-5-7-22(28)12-19)11-21(15-30)27(32)31-24-9-8-17(2)10-18(24)3/h5-14H,4,16H2,1-3H3,(H,31,32)/b21-11+. The first kappa shape index (κ1) is 25.2. The summed E-state index contributed by atoms with van der Waals surface area (Å²) in [5.41, 5.74) is 3.94. The summed E-state index contributed by atoms with van der Waals surface area (Å²) in [6, 6.07) is 17.4. The van der Waals surface area contributed by atoms with Gasteiger partial charge < -0.3 is 14.8 Å². The van der Waals surface area contributed by atoms with Crippen molar-refractivity contribution in [1.82, 2.24) is 0 Å². The molecule has 0 bridgehead atoms. The Morgan fingerprint density at radius 3 is 2.62 bits per heavy atom. The molecule has 0 saturated carbocycles. The highest BCUT2D eigenvalue weighted by molar-refractivity contribution is 14.1. The molecule has 1 amide bonds. The Hall–Kier alpha value is -3.38. The lowest BCUT2D eigenvalue weighted by atomic mass is 10.1. The zero-order valence-corrected chi connectivity index (χ0v) is 21.3. The molecule has 0 unspecified atom stereocenters. The molecule has 0 heterocycles. The molecular weight excluding hydrogens is 546 g/mol. The molecule has 0 radical (unpaired) electrons. The second-order valence-corrected chi connectivity index (χ2v) is 8.79. The average molecular weight is 570 g/mol. The number of nitrogens with one attached hydrogen (secondary N) is 1. The van der Waals surface area contributed by atoms with Gasteiger partial charge >= 0.3 is 0 Å². The van der Waals surface area contributed by atoms with Crippen LogP contribution in [0.3, 0.4) is 0 Å². The van der Waals surface area contributed by atoms with E-state index in [1.54, 1.807) is 24.3 Å². The number of amides is 1. The second-order valence-electron chi connectivity index (χ2n) is 7.62. The van der Waals surface area contributed by atoms with Crippen LogP contribution in [0.2, 0.25) is 0 Å². The van der Waals surface area contributed by atoms with Gasteiger partial charge in [-0.2, -0.15) is 5.26 Å². The van der Waals surface area contributed by atoms with Crippen LogP contribution in [0.15, 0.2) is 60.2 Å². The molecule has 1 N–H and O–H groups in total. The van der Waals surface area contributed by atoms with Gasteiger partial charge in [0.1, 0.15) is 24.1 Å². The van der Waals surface area contributed by atoms with Crippen LogP contribution in [0.25, 0.3) is 6.08 Å². The maximum Gasteiger partial charge on any atom is 0.266 e. The van der Waals surface area contributed by atoms with E-state index < -0.39 is 5.91 Å². The number of halogens is 2. The van der Waals surface area contributed by atoms with Crippen molar-refractivity contribution < 1.29 is 18.7 Å². The predicted octanol–water partition coefficient (Wildman–Crippen LogP) is 6.57. The van der Waals surface area contributed by atoms with E-state index in [2.05, 4.69) is 27.9 Å². The van der Waals surface area contributed by atoms with E-state index in [0.717, 1.165) is 14.7 Å². The Morgan fingerprint density at radius 2 is 1.94 bits per heavy atom. The zero-order valence-electron chi connectivity index (χ0n) is 19.1. The molecule has 3 aromatic carbocycles. The third-order valence-corrected chi connectivity index (χ3v) is 5.71. The van der Waals surface area contributed by atoms with Crippen LogP contribution in [0.5, 0.6) is 11.5 Å². The van der Waals surface area contributed by atoms with Crippen molar-refractivity contribution in [3.05, 3.63) is 91.8 Å². The highest BCUT2D eigenvalue weighted by Crippen LogP contribution is 2.35. The molecule has 0 aliphatic carbocycles. The monoisotopic (exact) mass is 570 g/mol. The van der Waals surface area contributed by atoms with Gasteiger partial charge in [-0.05, 0) is 96.5 Å². The fourth-order valence-corrected chi connectivity index (χ4v) is 4.10. The molecular formula is C27H24FIN2O3. The number of hydrogen-bond acceptors (Lipinski definition) is 4. The van der Waals surface area contributed by atoms with Crippen LogP contribution in [0.1, 0.15) is 29.2 Å². The number of carbonyl (C=O) groups is 1. The van der Waals surface area contributed by atoms with Gasteiger partial charge in [0.2, 0.25) is 0 Å². The maximum absolute atomic E-state index is 13.5. The van der Waals surface area contributed by atoms with Crippen LogP contribution in [0.4, 0.5) is 10.1 Å². The Bertz CT molecular complexity index is 1280. The number of hydrogen-bond donors (Lipinski definition) is 1. The number of ether oxygens (including phenoxy) is 2. The fraction of sp³-hybridized carbons (Fsp3) is 0.185. The number of rotatable bonds is 8. The van der Waals surface area contributed by atoms with Crippen LogP contribution >= 0.6 is 22.6 Å². The normalized spacial score (nSPS) is 11.0. The fourth-order valence-electron chi connectivity index (χ4n) is 3.32. The van der Waals surface area contributed by atoms with Gasteiger partial charge in [-0.1, -0.05) is 29.8 Å². The highest BCUT2D eigenvalue weighted by Gasteiger charge is 2.15. The quantitative estimate of drug-likeness (QED) is 0.189. The van der Waals surface area contributed by atoms with E-state index in [9.17, 15) is 14.4 Å². The lowest BCUT2D eigenvalue weighted by Crippen LogP contribution is -2.14. The minimum Gasteiger partial charge on any atom is -0.490 e. The number of carbonyl (C=O) groups excluding carboxylic acids is 1. The van der Waals surface area contributed by atoms with E-state index in [1.165, 1.54) is 18.2 Å². The number of nitriles is 1. The molecule has 7 heteroatoms. The van der Waals surface area contributed by atoms with E-state index >= 15 is 0 Å². The summed E-state index contributed by atoms with van der Waals surface area (Å²) in [7, 11) is 0. The van der Waals surface area contributed by atoms with E-state index in [1.807, 2.05) is 45.0 Å². The summed E-state index contributed by atoms with van der Waals surface area (Å²) in [5.74, 6) is 0.171. The summed E-state index contributed by atoms with van der Waals surface area (Å²) < 4.78 is 25.9. The Labute approximate surface area is 212 Å². The van der Waals surface area contributed by atoms with Gasteiger partial charge in [0.05, 0.1) is 10.2 Å². The summed E-state index contributed by atoms with van der Waals surface area (Å²) in [6.45, 7) is 6.30. The Kier molecular flexibility index (Phi) is 8.66. The van der Waals surface area contributed by atoms with Crippen molar-refractivity contribution in [2.45, 2.75) is 27.4 Å². The predicted molar refractivity (Wildman–Crippen MR) is 139 cm³/mol. The van der Waals surface area contributed by atoms with Crippen molar-refractivity contribution in [1.29, 1.82) is 5.26 Å². The lowest BCUT2D eigenvalue weighted by molar-refractivity contribution is -0.112. The number of aryl methyl sites for hydroxylation is 2. The van der Waals surface area contributed by atoms with Gasteiger partial charge in [-0.15, -0.1) is 0 Å². The van der Waals surface area contributed by atoms with Gasteiger partial charge in [-0.3, -0.25) is 4.79 Å². The molecule has 174 valence electrons. The average Bonchev–Trinajstić information content (AvgIpc) is 2.79.